The lowest BCUT2D eigenvalue weighted by molar-refractivity contribution is -0.137. The van der Waals surface area contributed by atoms with E-state index in [2.05, 4.69) is 0 Å². The SMILES string of the molecule is CN(CCC(=O)O)C(=O)c1ccc(Cl)cc1F. The van der Waals surface area contributed by atoms with Crippen LogP contribution >= 0.6 is 11.6 Å². The van der Waals surface area contributed by atoms with Crippen molar-refractivity contribution in [3.8, 4) is 0 Å². The Kier molecular flexibility index (Phi) is 4.45. The Morgan fingerprint density at radius 1 is 1.47 bits per heavy atom. The zero-order valence-electron chi connectivity index (χ0n) is 9.11. The zero-order valence-corrected chi connectivity index (χ0v) is 9.87. The van der Waals surface area contributed by atoms with Gasteiger partial charge >= 0.3 is 5.97 Å². The molecule has 1 N–H and O–H groups in total. The van der Waals surface area contributed by atoms with Gasteiger partial charge in [0.2, 0.25) is 0 Å². The molecule has 0 fully saturated rings. The Balaban J connectivity index is 2.78. The summed E-state index contributed by atoms with van der Waals surface area (Å²) < 4.78 is 13.4. The number of carboxylic acids is 1. The molecular weight excluding hydrogens is 249 g/mol. The van der Waals surface area contributed by atoms with E-state index < -0.39 is 17.7 Å². The van der Waals surface area contributed by atoms with Crippen LogP contribution in [0.2, 0.25) is 5.02 Å². The number of halogens is 2. The molecule has 0 aliphatic carbocycles. The number of nitrogens with zero attached hydrogens (tertiary/aromatic N) is 1. The van der Waals surface area contributed by atoms with Crippen LogP contribution in [0, 0.1) is 5.82 Å². The molecule has 0 heterocycles. The lowest BCUT2D eigenvalue weighted by Gasteiger charge is -2.16. The van der Waals surface area contributed by atoms with Crippen molar-refractivity contribution in [3.63, 3.8) is 0 Å². The number of carbonyl (C=O) groups is 2. The Morgan fingerprint density at radius 2 is 2.12 bits per heavy atom. The first-order chi connectivity index (χ1) is 7.91. The average Bonchev–Trinajstić information content (AvgIpc) is 2.25. The van der Waals surface area contributed by atoms with E-state index in [0.717, 1.165) is 11.0 Å². The number of aliphatic carboxylic acids is 1. The number of rotatable bonds is 4. The number of benzene rings is 1. The standard InChI is InChI=1S/C11H11ClFNO3/c1-14(5-4-10(15)16)11(17)8-3-2-7(12)6-9(8)13/h2-3,6H,4-5H2,1H3,(H,15,16). The van der Waals surface area contributed by atoms with Crippen LogP contribution < -0.4 is 0 Å². The molecule has 1 amide bonds. The van der Waals surface area contributed by atoms with Crippen molar-refractivity contribution in [1.29, 1.82) is 0 Å². The molecule has 0 aromatic heterocycles. The summed E-state index contributed by atoms with van der Waals surface area (Å²) in [7, 11) is 1.42. The van der Waals surface area contributed by atoms with Crippen LogP contribution in [-0.2, 0) is 4.79 Å². The summed E-state index contributed by atoms with van der Waals surface area (Å²) in [6.45, 7) is 0.0240. The van der Waals surface area contributed by atoms with Gasteiger partial charge in [0.05, 0.1) is 12.0 Å². The van der Waals surface area contributed by atoms with E-state index in [0.29, 0.717) is 0 Å². The Labute approximate surface area is 103 Å². The summed E-state index contributed by atoms with van der Waals surface area (Å²) >= 11 is 5.56. The summed E-state index contributed by atoms with van der Waals surface area (Å²) in [4.78, 5) is 23.2. The first kappa shape index (κ1) is 13.4. The maximum Gasteiger partial charge on any atom is 0.305 e. The second-order valence-electron chi connectivity index (χ2n) is 3.49. The van der Waals surface area contributed by atoms with Gasteiger partial charge in [-0.2, -0.15) is 0 Å². The zero-order chi connectivity index (χ0) is 13.0. The molecule has 0 unspecified atom stereocenters. The normalized spacial score (nSPS) is 10.1. The molecule has 1 aromatic rings. The maximum absolute atomic E-state index is 13.4. The Morgan fingerprint density at radius 3 is 2.65 bits per heavy atom. The fourth-order valence-electron chi connectivity index (χ4n) is 1.23. The molecule has 1 rings (SSSR count). The third-order valence-corrected chi connectivity index (χ3v) is 2.40. The smallest absolute Gasteiger partial charge is 0.305 e. The van der Waals surface area contributed by atoms with Crippen molar-refractivity contribution in [3.05, 3.63) is 34.6 Å². The molecule has 0 spiro atoms. The lowest BCUT2D eigenvalue weighted by Crippen LogP contribution is -2.29. The average molecular weight is 260 g/mol. The summed E-state index contributed by atoms with van der Waals surface area (Å²) in [6, 6.07) is 3.72. The van der Waals surface area contributed by atoms with Gasteiger partial charge in [0.25, 0.3) is 5.91 Å². The van der Waals surface area contributed by atoms with Crippen LogP contribution in [0.5, 0.6) is 0 Å². The molecule has 0 bridgehead atoms. The molecule has 0 saturated heterocycles. The predicted octanol–water partition coefficient (Wildman–Crippen LogP) is 2.03. The van der Waals surface area contributed by atoms with Gasteiger partial charge < -0.3 is 10.0 Å². The first-order valence-corrected chi connectivity index (χ1v) is 5.22. The quantitative estimate of drug-likeness (QED) is 0.900. The van der Waals surface area contributed by atoms with Crippen molar-refractivity contribution in [2.75, 3.05) is 13.6 Å². The lowest BCUT2D eigenvalue weighted by atomic mass is 10.2. The highest BCUT2D eigenvalue weighted by atomic mass is 35.5. The molecule has 17 heavy (non-hydrogen) atoms. The van der Waals surface area contributed by atoms with Gasteiger partial charge in [-0.25, -0.2) is 4.39 Å². The van der Waals surface area contributed by atoms with Crippen molar-refractivity contribution >= 4 is 23.5 Å². The molecule has 1 aromatic carbocycles. The van der Waals surface area contributed by atoms with Crippen molar-refractivity contribution in [2.45, 2.75) is 6.42 Å². The maximum atomic E-state index is 13.4. The molecular formula is C11H11ClFNO3. The van der Waals surface area contributed by atoms with Gasteiger partial charge in [-0.1, -0.05) is 11.6 Å². The van der Waals surface area contributed by atoms with Gasteiger partial charge in [0.15, 0.2) is 0 Å². The van der Waals surface area contributed by atoms with Gasteiger partial charge in [0.1, 0.15) is 5.82 Å². The molecule has 92 valence electrons. The minimum atomic E-state index is -1.01. The molecule has 0 saturated carbocycles. The highest BCUT2D eigenvalue weighted by Crippen LogP contribution is 2.16. The third kappa shape index (κ3) is 3.71. The Bertz CT molecular complexity index is 450. The van der Waals surface area contributed by atoms with Crippen LogP contribution in [0.1, 0.15) is 16.8 Å². The highest BCUT2D eigenvalue weighted by molar-refractivity contribution is 6.30. The topological polar surface area (TPSA) is 57.6 Å². The summed E-state index contributed by atoms with van der Waals surface area (Å²) in [6.07, 6.45) is -0.183. The van der Waals surface area contributed by atoms with E-state index in [9.17, 15) is 14.0 Å². The van der Waals surface area contributed by atoms with Crippen molar-refractivity contribution in [1.82, 2.24) is 4.90 Å². The second-order valence-corrected chi connectivity index (χ2v) is 3.93. The van der Waals surface area contributed by atoms with E-state index in [1.54, 1.807) is 0 Å². The van der Waals surface area contributed by atoms with E-state index in [1.807, 2.05) is 0 Å². The number of carboxylic acid groups (broad SMARTS) is 1. The van der Waals surface area contributed by atoms with Crippen molar-refractivity contribution < 1.29 is 19.1 Å². The van der Waals surface area contributed by atoms with E-state index >= 15 is 0 Å². The molecule has 0 aliphatic heterocycles. The van der Waals surface area contributed by atoms with Crippen LogP contribution in [0.15, 0.2) is 18.2 Å². The summed E-state index contributed by atoms with van der Waals surface area (Å²) in [5, 5.41) is 8.68. The number of hydrogen-bond acceptors (Lipinski definition) is 2. The van der Waals surface area contributed by atoms with Gasteiger partial charge in [-0.15, -0.1) is 0 Å². The largest absolute Gasteiger partial charge is 0.481 e. The number of carbonyl (C=O) groups excluding carboxylic acids is 1. The molecule has 4 nitrogen and oxygen atoms in total. The second kappa shape index (κ2) is 5.63. The van der Waals surface area contributed by atoms with E-state index in [4.69, 9.17) is 16.7 Å². The van der Waals surface area contributed by atoms with Gasteiger partial charge in [-0.3, -0.25) is 9.59 Å². The fourth-order valence-corrected chi connectivity index (χ4v) is 1.39. The van der Waals surface area contributed by atoms with E-state index in [1.165, 1.54) is 19.2 Å². The number of hydrogen-bond donors (Lipinski definition) is 1. The predicted molar refractivity (Wildman–Crippen MR) is 60.6 cm³/mol. The van der Waals surface area contributed by atoms with Crippen LogP contribution in [-0.4, -0.2) is 35.5 Å². The Hall–Kier alpha value is -1.62. The minimum Gasteiger partial charge on any atom is -0.481 e. The minimum absolute atomic E-state index is 0.0240. The van der Waals surface area contributed by atoms with Gasteiger partial charge in [0, 0.05) is 18.6 Å². The van der Waals surface area contributed by atoms with Crippen LogP contribution in [0.4, 0.5) is 4.39 Å². The van der Waals surface area contributed by atoms with Crippen LogP contribution in [0.25, 0.3) is 0 Å². The summed E-state index contributed by atoms with van der Waals surface area (Å²) in [5.41, 5.74) is -0.123. The molecule has 0 aliphatic rings. The molecule has 0 radical (unpaired) electrons. The fraction of sp³-hybridized carbons (Fsp3) is 0.273. The van der Waals surface area contributed by atoms with E-state index in [-0.39, 0.29) is 23.6 Å². The third-order valence-electron chi connectivity index (χ3n) is 2.17. The molecule has 6 heteroatoms. The van der Waals surface area contributed by atoms with Crippen molar-refractivity contribution in [2.24, 2.45) is 0 Å². The van der Waals surface area contributed by atoms with Crippen LogP contribution in [0.3, 0.4) is 0 Å². The molecule has 0 atom stereocenters. The first-order valence-electron chi connectivity index (χ1n) is 4.84. The highest BCUT2D eigenvalue weighted by Gasteiger charge is 2.16. The summed E-state index contributed by atoms with van der Waals surface area (Å²) in [5.74, 6) is -2.30. The van der Waals surface area contributed by atoms with Gasteiger partial charge in [-0.05, 0) is 18.2 Å². The number of amides is 1. The monoisotopic (exact) mass is 259 g/mol.